The van der Waals surface area contributed by atoms with E-state index < -0.39 is 28.0 Å². The van der Waals surface area contributed by atoms with Crippen molar-refractivity contribution in [3.8, 4) is 11.5 Å². The third-order valence-corrected chi connectivity index (χ3v) is 5.74. The normalized spacial score (nSPS) is 12.2. The lowest BCUT2D eigenvalue weighted by Crippen LogP contribution is -2.30. The molecule has 9 nitrogen and oxygen atoms in total. The molecule has 2 N–H and O–H groups in total. The summed E-state index contributed by atoms with van der Waals surface area (Å²) in [7, 11) is -0.724. The van der Waals surface area contributed by atoms with Gasteiger partial charge in [0, 0.05) is 17.8 Å². The Labute approximate surface area is 181 Å². The lowest BCUT2D eigenvalue weighted by atomic mass is 10.2. The predicted molar refractivity (Wildman–Crippen MR) is 115 cm³/mol. The molecule has 2 aromatic rings. The SMILES string of the molecule is COc1cc(OC)cc(C(=O)OC(C)C(=O)Nc2ccc(S(=O)(=O)NC(C)C)cc2)c1. The summed E-state index contributed by atoms with van der Waals surface area (Å²) < 4.78 is 42.3. The van der Waals surface area contributed by atoms with Crippen molar-refractivity contribution in [1.82, 2.24) is 4.72 Å². The molecule has 0 spiro atoms. The molecule has 168 valence electrons. The maximum atomic E-state index is 12.4. The Morgan fingerprint density at radius 3 is 1.94 bits per heavy atom. The van der Waals surface area contributed by atoms with Gasteiger partial charge in [0.1, 0.15) is 11.5 Å². The number of carbonyl (C=O) groups is 2. The molecular weight excluding hydrogens is 424 g/mol. The Hall–Kier alpha value is -3.11. The molecule has 31 heavy (non-hydrogen) atoms. The van der Waals surface area contributed by atoms with E-state index in [1.165, 1.54) is 57.5 Å². The van der Waals surface area contributed by atoms with Crippen LogP contribution >= 0.6 is 0 Å². The van der Waals surface area contributed by atoms with E-state index >= 15 is 0 Å². The first kappa shape index (κ1) is 24.2. The molecule has 1 amide bonds. The minimum atomic E-state index is -3.63. The van der Waals surface area contributed by atoms with Crippen molar-refractivity contribution in [2.45, 2.75) is 37.8 Å². The van der Waals surface area contributed by atoms with Gasteiger partial charge in [-0.05, 0) is 57.2 Å². The smallest absolute Gasteiger partial charge is 0.339 e. The van der Waals surface area contributed by atoms with Gasteiger partial charge in [0.2, 0.25) is 10.0 Å². The average molecular weight is 451 g/mol. The molecule has 0 fully saturated rings. The maximum Gasteiger partial charge on any atom is 0.339 e. The third kappa shape index (κ3) is 6.69. The van der Waals surface area contributed by atoms with Gasteiger partial charge in [-0.1, -0.05) is 0 Å². The fraction of sp³-hybridized carbons (Fsp3) is 0.333. The lowest BCUT2D eigenvalue weighted by Gasteiger charge is -2.15. The highest BCUT2D eigenvalue weighted by Gasteiger charge is 2.21. The van der Waals surface area contributed by atoms with Gasteiger partial charge < -0.3 is 19.5 Å². The molecule has 0 aromatic heterocycles. The van der Waals surface area contributed by atoms with Crippen LogP contribution in [0, 0.1) is 0 Å². The molecule has 1 atom stereocenters. The molecule has 0 bridgehead atoms. The van der Waals surface area contributed by atoms with Crippen LogP contribution < -0.4 is 19.5 Å². The molecule has 0 heterocycles. The van der Waals surface area contributed by atoms with Gasteiger partial charge in [0.15, 0.2) is 6.10 Å². The molecule has 2 aromatic carbocycles. The van der Waals surface area contributed by atoms with E-state index in [1.807, 2.05) is 0 Å². The van der Waals surface area contributed by atoms with Crippen molar-refractivity contribution >= 4 is 27.6 Å². The fourth-order valence-corrected chi connectivity index (χ4v) is 3.80. The first-order valence-corrected chi connectivity index (χ1v) is 10.9. The van der Waals surface area contributed by atoms with Crippen LogP contribution in [0.1, 0.15) is 31.1 Å². The molecule has 0 aliphatic rings. The Morgan fingerprint density at radius 1 is 0.903 bits per heavy atom. The Morgan fingerprint density at radius 2 is 1.45 bits per heavy atom. The van der Waals surface area contributed by atoms with Gasteiger partial charge in [-0.25, -0.2) is 17.9 Å². The highest BCUT2D eigenvalue weighted by molar-refractivity contribution is 7.89. The molecule has 10 heteroatoms. The van der Waals surface area contributed by atoms with Crippen LogP contribution in [0.2, 0.25) is 0 Å². The first-order chi connectivity index (χ1) is 14.6. The van der Waals surface area contributed by atoms with E-state index in [1.54, 1.807) is 19.9 Å². The summed E-state index contributed by atoms with van der Waals surface area (Å²) >= 11 is 0. The van der Waals surface area contributed by atoms with E-state index in [0.717, 1.165) is 0 Å². The van der Waals surface area contributed by atoms with Crippen LogP contribution in [-0.2, 0) is 19.6 Å². The van der Waals surface area contributed by atoms with Gasteiger partial charge in [-0.2, -0.15) is 0 Å². The highest BCUT2D eigenvalue weighted by atomic mass is 32.2. The van der Waals surface area contributed by atoms with Crippen LogP contribution in [-0.4, -0.2) is 46.7 Å². The number of benzene rings is 2. The Bertz CT molecular complexity index is 1010. The topological polar surface area (TPSA) is 120 Å². The summed E-state index contributed by atoms with van der Waals surface area (Å²) in [5, 5.41) is 2.58. The summed E-state index contributed by atoms with van der Waals surface area (Å²) in [4.78, 5) is 24.9. The van der Waals surface area contributed by atoms with E-state index in [0.29, 0.717) is 17.2 Å². The number of amides is 1. The maximum absolute atomic E-state index is 12.4. The number of hydrogen-bond donors (Lipinski definition) is 2. The quantitative estimate of drug-likeness (QED) is 0.564. The van der Waals surface area contributed by atoms with Crippen LogP contribution in [0.3, 0.4) is 0 Å². The van der Waals surface area contributed by atoms with Gasteiger partial charge in [0.05, 0.1) is 24.7 Å². The van der Waals surface area contributed by atoms with E-state index in [2.05, 4.69) is 10.0 Å². The number of ether oxygens (including phenoxy) is 3. The zero-order valence-corrected chi connectivity index (χ0v) is 18.8. The number of rotatable bonds is 9. The van der Waals surface area contributed by atoms with Gasteiger partial charge in [0.25, 0.3) is 5.91 Å². The Balaban J connectivity index is 2.03. The molecular formula is C21H26N2O7S. The van der Waals surface area contributed by atoms with Crippen molar-refractivity contribution in [3.63, 3.8) is 0 Å². The zero-order chi connectivity index (χ0) is 23.2. The second kappa shape index (κ2) is 10.3. The van der Waals surface area contributed by atoms with Crippen molar-refractivity contribution in [3.05, 3.63) is 48.0 Å². The Kier molecular flexibility index (Phi) is 8.01. The van der Waals surface area contributed by atoms with Crippen LogP contribution in [0.5, 0.6) is 11.5 Å². The minimum absolute atomic E-state index is 0.0747. The van der Waals surface area contributed by atoms with Gasteiger partial charge >= 0.3 is 5.97 Å². The number of anilines is 1. The molecule has 0 saturated carbocycles. The van der Waals surface area contributed by atoms with Gasteiger partial charge in [-0.15, -0.1) is 0 Å². The molecule has 0 aliphatic heterocycles. The summed E-state index contributed by atoms with van der Waals surface area (Å²) in [5.74, 6) is -0.476. The number of nitrogens with one attached hydrogen (secondary N) is 2. The molecule has 0 saturated heterocycles. The van der Waals surface area contributed by atoms with Gasteiger partial charge in [-0.3, -0.25) is 4.79 Å². The third-order valence-electron chi connectivity index (χ3n) is 4.06. The number of esters is 1. The monoisotopic (exact) mass is 450 g/mol. The number of sulfonamides is 1. The van der Waals surface area contributed by atoms with Crippen molar-refractivity contribution in [2.75, 3.05) is 19.5 Å². The largest absolute Gasteiger partial charge is 0.497 e. The summed E-state index contributed by atoms with van der Waals surface area (Å²) in [6, 6.07) is 9.96. The zero-order valence-electron chi connectivity index (χ0n) is 18.0. The highest BCUT2D eigenvalue weighted by Crippen LogP contribution is 2.23. The van der Waals surface area contributed by atoms with Crippen LogP contribution in [0.15, 0.2) is 47.4 Å². The standard InChI is InChI=1S/C21H26N2O7S/c1-13(2)23-31(26,27)19-8-6-16(7-9-19)22-20(24)14(3)30-21(25)15-10-17(28-4)12-18(11-15)29-5/h6-14,23H,1-5H3,(H,22,24). The molecule has 0 aliphatic carbocycles. The van der Waals surface area contributed by atoms with Crippen molar-refractivity contribution in [1.29, 1.82) is 0 Å². The summed E-state index contributed by atoms with van der Waals surface area (Å²) in [6.45, 7) is 4.86. The number of hydrogen-bond acceptors (Lipinski definition) is 7. The van der Waals surface area contributed by atoms with Crippen molar-refractivity contribution in [2.24, 2.45) is 0 Å². The second-order valence-electron chi connectivity index (χ2n) is 6.94. The van der Waals surface area contributed by atoms with Crippen LogP contribution in [0.25, 0.3) is 0 Å². The lowest BCUT2D eigenvalue weighted by molar-refractivity contribution is -0.123. The second-order valence-corrected chi connectivity index (χ2v) is 8.65. The molecule has 0 radical (unpaired) electrons. The summed E-state index contributed by atoms with van der Waals surface area (Å²) in [5.41, 5.74) is 0.530. The number of carbonyl (C=O) groups excluding carboxylic acids is 2. The molecule has 1 unspecified atom stereocenters. The predicted octanol–water partition coefficient (Wildman–Crippen LogP) is 2.57. The van der Waals surface area contributed by atoms with E-state index in [9.17, 15) is 18.0 Å². The van der Waals surface area contributed by atoms with Crippen molar-refractivity contribution < 1.29 is 32.2 Å². The molecule has 2 rings (SSSR count). The van der Waals surface area contributed by atoms with E-state index in [4.69, 9.17) is 14.2 Å². The number of methoxy groups -OCH3 is 2. The average Bonchev–Trinajstić information content (AvgIpc) is 2.72. The van der Waals surface area contributed by atoms with Crippen LogP contribution in [0.4, 0.5) is 5.69 Å². The summed E-state index contributed by atoms with van der Waals surface area (Å²) in [6.07, 6.45) is -1.10. The van der Waals surface area contributed by atoms with E-state index in [-0.39, 0.29) is 16.5 Å². The minimum Gasteiger partial charge on any atom is -0.497 e. The first-order valence-electron chi connectivity index (χ1n) is 9.43. The fourth-order valence-electron chi connectivity index (χ4n) is 2.55.